The number of nitrogens with one attached hydrogen (secondary N) is 1. The highest BCUT2D eigenvalue weighted by atomic mass is 19.4. The van der Waals surface area contributed by atoms with Crippen molar-refractivity contribution in [1.29, 1.82) is 0 Å². The highest BCUT2D eigenvalue weighted by Crippen LogP contribution is 2.36. The molecule has 0 unspecified atom stereocenters. The van der Waals surface area contributed by atoms with Gasteiger partial charge in [-0.15, -0.1) is 0 Å². The van der Waals surface area contributed by atoms with Crippen LogP contribution in [-0.4, -0.2) is 51.2 Å². The lowest BCUT2D eigenvalue weighted by Crippen LogP contribution is -2.70. The van der Waals surface area contributed by atoms with E-state index in [1.165, 1.54) is 12.4 Å². The van der Waals surface area contributed by atoms with E-state index in [1.807, 2.05) is 5.32 Å². The fraction of sp³-hybridized carbons (Fsp3) is 0.579. The van der Waals surface area contributed by atoms with Crippen LogP contribution in [0.1, 0.15) is 37.7 Å². The molecule has 3 atom stereocenters. The summed E-state index contributed by atoms with van der Waals surface area (Å²) in [6.07, 6.45) is 1.12. The van der Waals surface area contributed by atoms with E-state index in [1.54, 1.807) is 12.1 Å². The largest absolute Gasteiger partial charge is 0.480 e. The molecule has 1 aromatic heterocycles. The molecule has 0 radical (unpaired) electrons. The maximum Gasteiger partial charge on any atom is 0.408 e. The first-order valence-electron chi connectivity index (χ1n) is 9.52. The third kappa shape index (κ3) is 4.51. The minimum Gasteiger partial charge on any atom is -0.480 e. The van der Waals surface area contributed by atoms with Crippen molar-refractivity contribution in [2.75, 3.05) is 0 Å². The monoisotopic (exact) mass is 413 g/mol. The van der Waals surface area contributed by atoms with E-state index in [0.717, 1.165) is 6.42 Å². The Labute approximate surface area is 165 Å². The number of carboxylic acids is 1. The molecule has 10 heteroatoms. The normalized spacial score (nSPS) is 24.0. The van der Waals surface area contributed by atoms with Crippen LogP contribution < -0.4 is 5.32 Å². The molecule has 0 aromatic carbocycles. The minimum atomic E-state index is -4.68. The Hall–Kier alpha value is -2.65. The molecule has 1 saturated carbocycles. The standard InChI is InChI=1S/C19H22F3N3O4/c20-19(21,22)15(12-4-2-1-3-5-12)24-18(29)25-14(17(27)28)13(16(25)26)10-11-6-8-23-9-7-11/h6-9,12-15H,1-5,10H2,(H,24,29)(H,27,28)/t13-,14+,15+/m1/s1. The topological polar surface area (TPSA) is 99.6 Å². The van der Waals surface area contributed by atoms with E-state index >= 15 is 0 Å². The van der Waals surface area contributed by atoms with Crippen LogP contribution in [0.4, 0.5) is 18.0 Å². The van der Waals surface area contributed by atoms with Crippen molar-refractivity contribution in [1.82, 2.24) is 15.2 Å². The van der Waals surface area contributed by atoms with E-state index in [4.69, 9.17) is 0 Å². The fourth-order valence-corrected chi connectivity index (χ4v) is 4.17. The second kappa shape index (κ2) is 8.38. The van der Waals surface area contributed by atoms with E-state index in [-0.39, 0.29) is 6.42 Å². The third-order valence-corrected chi connectivity index (χ3v) is 5.64. The van der Waals surface area contributed by atoms with Crippen LogP contribution in [0, 0.1) is 11.8 Å². The number of halogens is 3. The van der Waals surface area contributed by atoms with Crippen molar-refractivity contribution in [3.8, 4) is 0 Å². The molecule has 0 spiro atoms. The average molecular weight is 413 g/mol. The summed E-state index contributed by atoms with van der Waals surface area (Å²) in [7, 11) is 0. The van der Waals surface area contributed by atoms with Crippen LogP contribution in [0.15, 0.2) is 24.5 Å². The van der Waals surface area contributed by atoms with E-state index < -0.39 is 48.0 Å². The maximum atomic E-state index is 13.5. The van der Waals surface area contributed by atoms with Gasteiger partial charge in [0.2, 0.25) is 5.91 Å². The van der Waals surface area contributed by atoms with Crippen molar-refractivity contribution in [2.45, 2.75) is 56.8 Å². The Balaban J connectivity index is 1.73. The highest BCUT2D eigenvalue weighted by Gasteiger charge is 2.56. The van der Waals surface area contributed by atoms with Gasteiger partial charge in [-0.1, -0.05) is 19.3 Å². The molecule has 3 amide bonds. The predicted molar refractivity (Wildman–Crippen MR) is 94.7 cm³/mol. The van der Waals surface area contributed by atoms with Gasteiger partial charge < -0.3 is 10.4 Å². The zero-order valence-corrected chi connectivity index (χ0v) is 15.6. The molecule has 0 bridgehead atoms. The number of aliphatic carboxylic acids is 1. The summed E-state index contributed by atoms with van der Waals surface area (Å²) in [6.45, 7) is 0. The molecular formula is C19H22F3N3O4. The summed E-state index contributed by atoms with van der Waals surface area (Å²) >= 11 is 0. The summed E-state index contributed by atoms with van der Waals surface area (Å²) in [5.74, 6) is -4.02. The van der Waals surface area contributed by atoms with Crippen molar-refractivity contribution in [3.63, 3.8) is 0 Å². The summed E-state index contributed by atoms with van der Waals surface area (Å²) in [4.78, 5) is 40.8. The van der Waals surface area contributed by atoms with Crippen LogP contribution in [0.25, 0.3) is 0 Å². The lowest BCUT2D eigenvalue weighted by atomic mass is 9.82. The van der Waals surface area contributed by atoms with Gasteiger partial charge in [0, 0.05) is 12.4 Å². The number of hydrogen-bond acceptors (Lipinski definition) is 4. The van der Waals surface area contributed by atoms with Gasteiger partial charge in [0.1, 0.15) is 6.04 Å². The molecule has 2 aliphatic rings. The number of nitrogens with zero attached hydrogens (tertiary/aromatic N) is 2. The number of urea groups is 1. The molecule has 3 rings (SSSR count). The van der Waals surface area contributed by atoms with Crippen molar-refractivity contribution in [2.24, 2.45) is 11.8 Å². The molecule has 1 aromatic rings. The molecular weight excluding hydrogens is 391 g/mol. The highest BCUT2D eigenvalue weighted by molar-refractivity contribution is 6.07. The zero-order chi connectivity index (χ0) is 21.2. The van der Waals surface area contributed by atoms with E-state index in [9.17, 15) is 32.7 Å². The molecule has 158 valence electrons. The molecule has 2 heterocycles. The summed E-state index contributed by atoms with van der Waals surface area (Å²) < 4.78 is 40.6. The number of hydrogen-bond donors (Lipinski definition) is 2. The van der Waals surface area contributed by atoms with Crippen molar-refractivity contribution >= 4 is 17.9 Å². The number of rotatable bonds is 5. The van der Waals surface area contributed by atoms with Gasteiger partial charge in [0.05, 0.1) is 5.92 Å². The Morgan fingerprint density at radius 3 is 2.38 bits per heavy atom. The third-order valence-electron chi connectivity index (χ3n) is 5.64. The fourth-order valence-electron chi connectivity index (χ4n) is 4.17. The number of pyridine rings is 1. The van der Waals surface area contributed by atoms with Gasteiger partial charge in [0.15, 0.2) is 6.04 Å². The van der Waals surface area contributed by atoms with Gasteiger partial charge in [-0.3, -0.25) is 9.78 Å². The molecule has 1 aliphatic heterocycles. The number of β-lactam (4-membered cyclic amide) rings is 1. The van der Waals surface area contributed by atoms with Crippen molar-refractivity contribution < 1.29 is 32.7 Å². The summed E-state index contributed by atoms with van der Waals surface area (Å²) in [5, 5.41) is 11.3. The van der Waals surface area contributed by atoms with Crippen LogP contribution in [-0.2, 0) is 16.0 Å². The minimum absolute atomic E-state index is 0.0629. The van der Waals surface area contributed by atoms with Crippen LogP contribution in [0.3, 0.4) is 0 Å². The molecule has 7 nitrogen and oxygen atoms in total. The lowest BCUT2D eigenvalue weighted by molar-refractivity contribution is -0.172. The SMILES string of the molecule is O=C(O)[C@@H]1[C@@H](Cc2ccncc2)C(=O)N1C(=O)N[C@@H](C1CCCCC1)C(F)(F)F. The lowest BCUT2D eigenvalue weighted by Gasteiger charge is -2.44. The molecule has 1 saturated heterocycles. The molecule has 1 aliphatic carbocycles. The number of imide groups is 1. The zero-order valence-electron chi connectivity index (χ0n) is 15.6. The first-order valence-corrected chi connectivity index (χ1v) is 9.52. The van der Waals surface area contributed by atoms with Gasteiger partial charge in [-0.05, 0) is 42.9 Å². The summed E-state index contributed by atoms with van der Waals surface area (Å²) in [6, 6.07) is -1.69. The van der Waals surface area contributed by atoms with Crippen LogP contribution in [0.2, 0.25) is 0 Å². The van der Waals surface area contributed by atoms with Gasteiger partial charge in [-0.2, -0.15) is 13.2 Å². The first-order chi connectivity index (χ1) is 13.7. The summed E-state index contributed by atoms with van der Waals surface area (Å²) in [5.41, 5.74) is 0.653. The Morgan fingerprint density at radius 1 is 1.21 bits per heavy atom. The van der Waals surface area contributed by atoms with Crippen molar-refractivity contribution in [3.05, 3.63) is 30.1 Å². The number of aromatic nitrogens is 1. The molecule has 29 heavy (non-hydrogen) atoms. The Bertz CT molecular complexity index is 766. The second-order valence-electron chi connectivity index (χ2n) is 7.52. The number of carbonyl (C=O) groups is 3. The maximum absolute atomic E-state index is 13.5. The molecule has 2 N–H and O–H groups in total. The van der Waals surface area contributed by atoms with Gasteiger partial charge in [-0.25, -0.2) is 14.5 Å². The predicted octanol–water partition coefficient (Wildman–Crippen LogP) is 2.76. The molecule has 2 fully saturated rings. The Morgan fingerprint density at radius 2 is 1.83 bits per heavy atom. The van der Waals surface area contributed by atoms with E-state index in [2.05, 4.69) is 4.98 Å². The van der Waals surface area contributed by atoms with Crippen LogP contribution in [0.5, 0.6) is 0 Å². The van der Waals surface area contributed by atoms with Gasteiger partial charge in [0.25, 0.3) is 0 Å². The first kappa shape index (κ1) is 21.1. The quantitative estimate of drug-likeness (QED) is 0.723. The average Bonchev–Trinajstić information content (AvgIpc) is 2.68. The second-order valence-corrected chi connectivity index (χ2v) is 7.52. The Kier molecular flexibility index (Phi) is 6.09. The number of amides is 3. The number of carboxylic acid groups (broad SMARTS) is 1. The smallest absolute Gasteiger partial charge is 0.408 e. The van der Waals surface area contributed by atoms with Gasteiger partial charge >= 0.3 is 18.2 Å². The number of alkyl halides is 3. The number of carbonyl (C=O) groups excluding carboxylic acids is 2. The van der Waals surface area contributed by atoms with E-state index in [0.29, 0.717) is 36.1 Å². The van der Waals surface area contributed by atoms with Crippen LogP contribution >= 0.6 is 0 Å². The number of likely N-dealkylation sites (tertiary alicyclic amines) is 1.